The number of hydrogen-bond donors (Lipinski definition) is 4. The summed E-state index contributed by atoms with van der Waals surface area (Å²) in [4.78, 5) is 59.7. The van der Waals surface area contributed by atoms with Gasteiger partial charge in [0.1, 0.15) is 0 Å². The zero-order chi connectivity index (χ0) is 23.5. The highest BCUT2D eigenvalue weighted by molar-refractivity contribution is 7.51. The molecule has 1 heterocycles. The van der Waals surface area contributed by atoms with E-state index in [2.05, 4.69) is 20.2 Å². The maximum atomic E-state index is 12.4. The second-order valence-corrected chi connectivity index (χ2v) is 8.36. The van der Waals surface area contributed by atoms with Crippen LogP contribution in [0, 0.1) is 10.1 Å². The Morgan fingerprint density at radius 3 is 2.47 bits per heavy atom. The highest BCUT2D eigenvalue weighted by Crippen LogP contribution is 2.44. The van der Waals surface area contributed by atoms with Crippen molar-refractivity contribution in [2.75, 3.05) is 7.11 Å². The van der Waals surface area contributed by atoms with Crippen molar-refractivity contribution in [3.8, 4) is 0 Å². The fourth-order valence-corrected chi connectivity index (χ4v) is 3.87. The van der Waals surface area contributed by atoms with Crippen molar-refractivity contribution in [1.29, 1.82) is 0 Å². The number of nitro groups is 1. The molecule has 14 heteroatoms. The van der Waals surface area contributed by atoms with E-state index in [0.717, 1.165) is 12.1 Å². The van der Waals surface area contributed by atoms with Crippen LogP contribution in [0.25, 0.3) is 11.0 Å². The lowest BCUT2D eigenvalue weighted by Gasteiger charge is -2.13. The van der Waals surface area contributed by atoms with Gasteiger partial charge in [-0.2, -0.15) is 5.48 Å². The molecular weight excluding hydrogens is 447 g/mol. The summed E-state index contributed by atoms with van der Waals surface area (Å²) in [6.45, 7) is -0.300. The molecule has 0 fully saturated rings. The average Bonchev–Trinajstić information content (AvgIpc) is 2.74. The number of nitrogens with one attached hydrogen (secondary N) is 3. The van der Waals surface area contributed by atoms with Crippen LogP contribution >= 0.6 is 7.60 Å². The molecule has 0 aliphatic heterocycles. The standard InChI is InChI=1S/C18H17N4O9P/c1-30-18(25)11-4-2-10(3-5-11)9-32(28,29)31-19-8-12-6-13(22(26)27)7-14-15(12)21-17(24)16(23)20-14/h2-7,19H,8-9H2,1H3,(H,20,23)(H,21,24)(H,28,29). The van der Waals surface area contributed by atoms with Crippen molar-refractivity contribution in [2.45, 2.75) is 12.7 Å². The first-order valence-corrected chi connectivity index (χ1v) is 10.7. The molecule has 1 aromatic heterocycles. The van der Waals surface area contributed by atoms with Gasteiger partial charge < -0.3 is 19.6 Å². The summed E-state index contributed by atoms with van der Waals surface area (Å²) >= 11 is 0. The van der Waals surface area contributed by atoms with Crippen molar-refractivity contribution in [2.24, 2.45) is 0 Å². The summed E-state index contributed by atoms with van der Waals surface area (Å²) in [6.07, 6.45) is -0.388. The van der Waals surface area contributed by atoms with E-state index >= 15 is 0 Å². The fourth-order valence-electron chi connectivity index (χ4n) is 2.86. The molecule has 13 nitrogen and oxygen atoms in total. The number of ether oxygens (including phenoxy) is 1. The van der Waals surface area contributed by atoms with E-state index in [9.17, 15) is 34.0 Å². The summed E-state index contributed by atoms with van der Waals surface area (Å²) in [6, 6.07) is 8.00. The Bertz CT molecular complexity index is 1350. The lowest BCUT2D eigenvalue weighted by atomic mass is 10.1. The Labute approximate surface area is 178 Å². The number of hydroxylamine groups is 1. The van der Waals surface area contributed by atoms with Crippen molar-refractivity contribution in [3.63, 3.8) is 0 Å². The molecule has 0 radical (unpaired) electrons. The van der Waals surface area contributed by atoms with Gasteiger partial charge in [-0.3, -0.25) is 24.3 Å². The van der Waals surface area contributed by atoms with Gasteiger partial charge in [0, 0.05) is 24.2 Å². The number of H-pyrrole nitrogens is 2. The lowest BCUT2D eigenvalue weighted by molar-refractivity contribution is -0.384. The highest BCUT2D eigenvalue weighted by atomic mass is 31.2. The maximum absolute atomic E-state index is 12.4. The Morgan fingerprint density at radius 2 is 1.84 bits per heavy atom. The van der Waals surface area contributed by atoms with Gasteiger partial charge in [0.05, 0.1) is 34.8 Å². The average molecular weight is 464 g/mol. The topological polar surface area (TPSA) is 194 Å². The minimum absolute atomic E-state index is 0.0125. The number of nitro benzene ring substituents is 1. The molecule has 0 aliphatic carbocycles. The number of benzene rings is 2. The smallest absolute Gasteiger partial charge is 0.348 e. The van der Waals surface area contributed by atoms with E-state index in [1.807, 2.05) is 0 Å². The largest absolute Gasteiger partial charge is 0.465 e. The highest BCUT2D eigenvalue weighted by Gasteiger charge is 2.22. The van der Waals surface area contributed by atoms with Gasteiger partial charge in [0.15, 0.2) is 0 Å². The third kappa shape index (κ3) is 5.34. The molecule has 168 valence electrons. The van der Waals surface area contributed by atoms with Crippen LogP contribution in [0.5, 0.6) is 0 Å². The first-order chi connectivity index (χ1) is 15.1. The van der Waals surface area contributed by atoms with Gasteiger partial charge in [-0.1, -0.05) is 12.1 Å². The zero-order valence-corrected chi connectivity index (χ0v) is 17.4. The van der Waals surface area contributed by atoms with Crippen LogP contribution in [0.4, 0.5) is 5.69 Å². The third-order valence-electron chi connectivity index (χ3n) is 4.34. The van der Waals surface area contributed by atoms with Gasteiger partial charge in [-0.15, -0.1) is 0 Å². The molecule has 0 bridgehead atoms. The number of rotatable bonds is 8. The second-order valence-electron chi connectivity index (χ2n) is 6.59. The number of aromatic amines is 2. The molecule has 0 saturated heterocycles. The van der Waals surface area contributed by atoms with Crippen molar-refractivity contribution >= 4 is 30.3 Å². The van der Waals surface area contributed by atoms with Gasteiger partial charge >= 0.3 is 24.7 Å². The molecule has 1 unspecified atom stereocenters. The zero-order valence-electron chi connectivity index (χ0n) is 16.5. The fraction of sp³-hybridized carbons (Fsp3) is 0.167. The van der Waals surface area contributed by atoms with Gasteiger partial charge in [-0.25, -0.2) is 9.42 Å². The monoisotopic (exact) mass is 464 g/mol. The molecule has 0 spiro atoms. The van der Waals surface area contributed by atoms with Crippen molar-refractivity contribution < 1.29 is 28.5 Å². The van der Waals surface area contributed by atoms with Crippen LogP contribution in [0.3, 0.4) is 0 Å². The first kappa shape index (κ1) is 23.0. The minimum atomic E-state index is -4.20. The van der Waals surface area contributed by atoms with Crippen LogP contribution in [0.2, 0.25) is 0 Å². The molecule has 0 aliphatic rings. The second kappa shape index (κ2) is 9.24. The number of fused-ring (bicyclic) bond motifs is 1. The Hall–Kier alpha value is -3.64. The number of nitrogens with zero attached hydrogens (tertiary/aromatic N) is 1. The Morgan fingerprint density at radius 1 is 1.19 bits per heavy atom. The first-order valence-electron chi connectivity index (χ1n) is 8.94. The van der Waals surface area contributed by atoms with Crippen LogP contribution < -0.4 is 16.6 Å². The molecule has 2 aromatic carbocycles. The van der Waals surface area contributed by atoms with Gasteiger partial charge in [0.2, 0.25) is 0 Å². The molecule has 3 aromatic rings. The molecule has 3 rings (SSSR count). The normalized spacial score (nSPS) is 12.9. The van der Waals surface area contributed by atoms with E-state index in [1.54, 1.807) is 0 Å². The molecule has 32 heavy (non-hydrogen) atoms. The minimum Gasteiger partial charge on any atom is -0.465 e. The number of esters is 1. The SMILES string of the molecule is COC(=O)c1ccc(CP(=O)(O)ONCc2cc([N+](=O)[O-])cc3[nH]c(=O)c(=O)[nH]c23)cc1. The maximum Gasteiger partial charge on any atom is 0.348 e. The predicted molar refractivity (Wildman–Crippen MR) is 111 cm³/mol. The van der Waals surface area contributed by atoms with Crippen LogP contribution in [0.1, 0.15) is 21.5 Å². The Balaban J connectivity index is 1.75. The quantitative estimate of drug-likeness (QED) is 0.124. The molecule has 0 amide bonds. The summed E-state index contributed by atoms with van der Waals surface area (Å²) in [5.74, 6) is -0.551. The van der Waals surface area contributed by atoms with E-state index in [4.69, 9.17) is 4.62 Å². The predicted octanol–water partition coefficient (Wildman–Crippen LogP) is 1.32. The number of non-ortho nitro benzene ring substituents is 1. The van der Waals surface area contributed by atoms with E-state index in [-0.39, 0.29) is 40.6 Å². The van der Waals surface area contributed by atoms with Crippen LogP contribution in [-0.4, -0.2) is 32.9 Å². The van der Waals surface area contributed by atoms with E-state index < -0.39 is 29.6 Å². The Kier molecular flexibility index (Phi) is 6.65. The molecule has 4 N–H and O–H groups in total. The van der Waals surface area contributed by atoms with Crippen LogP contribution in [-0.2, 0) is 26.6 Å². The summed E-state index contributed by atoms with van der Waals surface area (Å²) in [5.41, 5.74) is 0.899. The van der Waals surface area contributed by atoms with Crippen molar-refractivity contribution in [3.05, 3.63) is 83.9 Å². The van der Waals surface area contributed by atoms with Crippen LogP contribution in [0.15, 0.2) is 46.0 Å². The lowest BCUT2D eigenvalue weighted by Crippen LogP contribution is -2.29. The number of aromatic nitrogens is 2. The number of carbonyl (C=O) groups is 1. The number of carbonyl (C=O) groups excluding carboxylic acids is 1. The number of methoxy groups -OCH3 is 1. The summed E-state index contributed by atoms with van der Waals surface area (Å²) in [7, 11) is -2.97. The summed E-state index contributed by atoms with van der Waals surface area (Å²) < 4.78 is 21.8. The number of hydrogen-bond acceptors (Lipinski definition) is 9. The molecule has 1 atom stereocenters. The third-order valence-corrected chi connectivity index (χ3v) is 5.51. The molecular formula is C18H17N4O9P. The van der Waals surface area contributed by atoms with E-state index in [1.165, 1.54) is 31.4 Å². The van der Waals surface area contributed by atoms with Gasteiger partial charge in [0.25, 0.3) is 5.69 Å². The van der Waals surface area contributed by atoms with Gasteiger partial charge in [-0.05, 0) is 17.7 Å². The summed E-state index contributed by atoms with van der Waals surface area (Å²) in [5, 5.41) is 11.1. The van der Waals surface area contributed by atoms with Crippen molar-refractivity contribution in [1.82, 2.24) is 15.4 Å². The van der Waals surface area contributed by atoms with E-state index in [0.29, 0.717) is 5.56 Å². The molecule has 0 saturated carbocycles.